The Morgan fingerprint density at radius 1 is 1.25 bits per heavy atom. The number of primary amides is 1. The summed E-state index contributed by atoms with van der Waals surface area (Å²) in [7, 11) is 0. The summed E-state index contributed by atoms with van der Waals surface area (Å²) in [5.74, 6) is 0.475. The zero-order chi connectivity index (χ0) is 25.7. The van der Waals surface area contributed by atoms with Crippen LogP contribution >= 0.6 is 11.6 Å². The lowest BCUT2D eigenvalue weighted by atomic mass is 9.86. The fourth-order valence-corrected chi connectivity index (χ4v) is 5.31. The maximum absolute atomic E-state index is 12.2. The number of nitrogens with zero attached hydrogens (tertiary/aromatic N) is 4. The van der Waals surface area contributed by atoms with Gasteiger partial charge in [-0.1, -0.05) is 31.2 Å². The van der Waals surface area contributed by atoms with Crippen molar-refractivity contribution in [3.8, 4) is 0 Å². The smallest absolute Gasteiger partial charge is 0.267 e. The Balaban J connectivity index is 0.000000286. The highest BCUT2D eigenvalue weighted by molar-refractivity contribution is 6.29. The second-order valence-corrected chi connectivity index (χ2v) is 9.75. The summed E-state index contributed by atoms with van der Waals surface area (Å²) < 4.78 is 0. The molecule has 1 fully saturated rings. The molecule has 2 amide bonds. The van der Waals surface area contributed by atoms with E-state index in [-0.39, 0.29) is 11.3 Å². The van der Waals surface area contributed by atoms with Gasteiger partial charge in [0.25, 0.3) is 5.91 Å². The maximum atomic E-state index is 12.2. The molecule has 2 N–H and O–H groups in total. The van der Waals surface area contributed by atoms with Crippen molar-refractivity contribution in [2.24, 2.45) is 22.6 Å². The second kappa shape index (κ2) is 11.0. The molecule has 188 valence electrons. The molecule has 3 heterocycles. The van der Waals surface area contributed by atoms with Gasteiger partial charge in [0.1, 0.15) is 0 Å². The van der Waals surface area contributed by atoms with E-state index in [1.165, 1.54) is 18.1 Å². The Labute approximate surface area is 215 Å². The van der Waals surface area contributed by atoms with E-state index in [4.69, 9.17) is 17.3 Å². The number of carbonyl (C=O) groups excluding carboxylic acids is 3. The van der Waals surface area contributed by atoms with Crippen molar-refractivity contribution < 1.29 is 14.4 Å². The number of fused-ring (bicyclic) bond motifs is 1. The van der Waals surface area contributed by atoms with Gasteiger partial charge in [-0.05, 0) is 48.6 Å². The van der Waals surface area contributed by atoms with Gasteiger partial charge in [-0.15, -0.1) is 11.6 Å². The number of hydrogen-bond acceptors (Lipinski definition) is 6. The van der Waals surface area contributed by atoms with Gasteiger partial charge in [-0.25, -0.2) is 0 Å². The summed E-state index contributed by atoms with van der Waals surface area (Å²) in [4.78, 5) is 45.9. The lowest BCUT2D eigenvalue weighted by molar-refractivity contribution is -0.134. The number of halogens is 1. The molecule has 2 aromatic rings. The maximum Gasteiger partial charge on any atom is 0.267 e. The van der Waals surface area contributed by atoms with Crippen LogP contribution in [0.4, 0.5) is 5.69 Å². The number of hydrogen-bond donors (Lipinski definition) is 1. The van der Waals surface area contributed by atoms with Gasteiger partial charge < -0.3 is 15.5 Å². The molecule has 36 heavy (non-hydrogen) atoms. The highest BCUT2D eigenvalue weighted by atomic mass is 35.5. The van der Waals surface area contributed by atoms with Crippen LogP contribution < -0.4 is 10.6 Å². The summed E-state index contributed by atoms with van der Waals surface area (Å²) in [6, 6.07) is 11.5. The molecule has 0 spiro atoms. The minimum absolute atomic E-state index is 0.125. The number of aliphatic imine (C=N–C) groups is 1. The quantitative estimate of drug-likeness (QED) is 0.367. The zero-order valence-electron chi connectivity index (χ0n) is 20.2. The first kappa shape index (κ1) is 25.6. The number of amides is 2. The standard InChI is InChI=1S/C21H24ClN3O2.C6H6N2O/c1-2-21(14-26)23-10-20(27)25(21)11-15-6-8-17(9-7-15)24-12-16-4-3-5-19(22)18(16)13-24;7-6(9)5-2-1-3-8-4-5/h3,5-10,14,16,18-19H,2,4,11-13H2,1H3;1-4H,(H2,7,9). The number of alkyl halides is 1. The number of rotatable bonds is 6. The largest absolute Gasteiger partial charge is 0.371 e. The second-order valence-electron chi connectivity index (χ2n) is 9.24. The minimum atomic E-state index is -1.05. The van der Waals surface area contributed by atoms with Crippen LogP contribution in [0.3, 0.4) is 0 Å². The predicted molar refractivity (Wildman–Crippen MR) is 140 cm³/mol. The normalized spacial score (nSPS) is 26.4. The van der Waals surface area contributed by atoms with Gasteiger partial charge in [0.05, 0.1) is 17.2 Å². The number of aromatic nitrogens is 1. The van der Waals surface area contributed by atoms with Crippen molar-refractivity contribution in [3.63, 3.8) is 0 Å². The third-order valence-electron chi connectivity index (χ3n) is 7.09. The van der Waals surface area contributed by atoms with Crippen LogP contribution in [0.2, 0.25) is 0 Å². The molecule has 8 nitrogen and oxygen atoms in total. The lowest BCUT2D eigenvalue weighted by Crippen LogP contribution is -2.46. The van der Waals surface area contributed by atoms with Crippen LogP contribution in [0.5, 0.6) is 0 Å². The molecular formula is C27H30ClN5O3. The molecule has 1 saturated heterocycles. The molecule has 0 radical (unpaired) electrons. The highest BCUT2D eigenvalue weighted by Crippen LogP contribution is 2.38. The number of carbonyl (C=O) groups is 3. The van der Waals surface area contributed by atoms with E-state index in [1.54, 1.807) is 23.2 Å². The third-order valence-corrected chi connectivity index (χ3v) is 7.56. The number of aldehydes is 1. The molecular weight excluding hydrogens is 478 g/mol. The van der Waals surface area contributed by atoms with E-state index in [2.05, 4.69) is 39.2 Å². The van der Waals surface area contributed by atoms with Crippen LogP contribution in [0.1, 0.15) is 35.7 Å². The Kier molecular flexibility index (Phi) is 7.84. The molecule has 1 aromatic carbocycles. The average Bonchev–Trinajstić information content (AvgIpc) is 3.48. The SMILES string of the molecule is CCC1(C=O)N=CC(=O)N1Cc1ccc(N2CC3CC=CC(Cl)C3C2)cc1.NC(=O)c1cccnc1. The lowest BCUT2D eigenvalue weighted by Gasteiger charge is -2.31. The average molecular weight is 508 g/mol. The van der Waals surface area contributed by atoms with E-state index >= 15 is 0 Å². The number of anilines is 1. The molecule has 3 aliphatic rings. The van der Waals surface area contributed by atoms with Gasteiger partial charge in [-0.3, -0.25) is 24.4 Å². The molecule has 0 bridgehead atoms. The monoisotopic (exact) mass is 507 g/mol. The van der Waals surface area contributed by atoms with Crippen molar-refractivity contribution >= 4 is 41.6 Å². The van der Waals surface area contributed by atoms with Crippen molar-refractivity contribution in [2.75, 3.05) is 18.0 Å². The highest BCUT2D eigenvalue weighted by Gasteiger charge is 2.41. The molecule has 4 atom stereocenters. The molecule has 0 saturated carbocycles. The van der Waals surface area contributed by atoms with E-state index in [0.717, 1.165) is 31.4 Å². The Morgan fingerprint density at radius 3 is 2.61 bits per heavy atom. The van der Waals surface area contributed by atoms with E-state index in [0.29, 0.717) is 30.4 Å². The topological polar surface area (TPSA) is 109 Å². The number of allylic oxidation sites excluding steroid dienone is 2. The first-order chi connectivity index (χ1) is 17.4. The molecule has 2 aliphatic heterocycles. The van der Waals surface area contributed by atoms with Gasteiger partial charge in [0.15, 0.2) is 11.9 Å². The van der Waals surface area contributed by atoms with Gasteiger partial charge in [0.2, 0.25) is 5.91 Å². The Bertz CT molecular complexity index is 1150. The van der Waals surface area contributed by atoms with E-state index < -0.39 is 11.6 Å². The zero-order valence-corrected chi connectivity index (χ0v) is 20.9. The van der Waals surface area contributed by atoms with E-state index in [1.807, 2.05) is 19.1 Å². The summed E-state index contributed by atoms with van der Waals surface area (Å²) in [5.41, 5.74) is 6.49. The molecule has 1 aliphatic carbocycles. The number of pyridine rings is 1. The third kappa shape index (κ3) is 5.33. The van der Waals surface area contributed by atoms with Crippen molar-refractivity contribution in [3.05, 3.63) is 72.1 Å². The van der Waals surface area contributed by atoms with Crippen LogP contribution in [0.15, 0.2) is 65.9 Å². The van der Waals surface area contributed by atoms with Gasteiger partial charge in [-0.2, -0.15) is 0 Å². The van der Waals surface area contributed by atoms with Crippen molar-refractivity contribution in [1.29, 1.82) is 0 Å². The Hall–Kier alpha value is -3.52. The molecule has 4 unspecified atom stereocenters. The predicted octanol–water partition coefficient (Wildman–Crippen LogP) is 3.21. The van der Waals surface area contributed by atoms with Crippen LogP contribution in [-0.4, -0.2) is 58.3 Å². The fraction of sp³-hybridized carbons (Fsp3) is 0.370. The molecule has 1 aromatic heterocycles. The first-order valence-electron chi connectivity index (χ1n) is 12.0. The summed E-state index contributed by atoms with van der Waals surface area (Å²) in [5, 5.41) is 0.125. The minimum Gasteiger partial charge on any atom is -0.371 e. The summed E-state index contributed by atoms with van der Waals surface area (Å²) >= 11 is 6.47. The van der Waals surface area contributed by atoms with Gasteiger partial charge in [0, 0.05) is 43.6 Å². The van der Waals surface area contributed by atoms with Crippen LogP contribution in [0, 0.1) is 11.8 Å². The Morgan fingerprint density at radius 2 is 2.03 bits per heavy atom. The number of nitrogens with two attached hydrogens (primary N) is 1. The van der Waals surface area contributed by atoms with E-state index in [9.17, 15) is 14.4 Å². The fourth-order valence-electron chi connectivity index (χ4n) is 4.92. The van der Waals surface area contributed by atoms with Crippen molar-refractivity contribution in [1.82, 2.24) is 9.88 Å². The summed E-state index contributed by atoms with van der Waals surface area (Å²) in [6.07, 6.45) is 10.9. The number of benzene rings is 1. The molecule has 5 rings (SSSR count). The van der Waals surface area contributed by atoms with Crippen molar-refractivity contribution in [2.45, 2.75) is 37.4 Å². The first-order valence-corrected chi connectivity index (χ1v) is 12.5. The van der Waals surface area contributed by atoms with Gasteiger partial charge >= 0.3 is 0 Å². The van der Waals surface area contributed by atoms with Crippen LogP contribution in [0.25, 0.3) is 0 Å². The molecule has 9 heteroatoms. The van der Waals surface area contributed by atoms with Crippen LogP contribution in [-0.2, 0) is 16.1 Å². The summed E-state index contributed by atoms with van der Waals surface area (Å²) in [6.45, 7) is 4.25.